The molecular weight excluding hydrogens is 256 g/mol. The molecule has 108 valence electrons. The van der Waals surface area contributed by atoms with Gasteiger partial charge in [0.1, 0.15) is 6.54 Å². The third kappa shape index (κ3) is 4.03. The van der Waals surface area contributed by atoms with Gasteiger partial charge < -0.3 is 9.64 Å². The van der Waals surface area contributed by atoms with Crippen molar-refractivity contribution in [3.63, 3.8) is 0 Å². The molecule has 6 heteroatoms. The molecule has 0 bridgehead atoms. The van der Waals surface area contributed by atoms with Crippen LogP contribution in [0.1, 0.15) is 12.5 Å². The van der Waals surface area contributed by atoms with Crippen LogP contribution in [0, 0.1) is 0 Å². The second-order valence-electron chi connectivity index (χ2n) is 4.72. The van der Waals surface area contributed by atoms with Crippen molar-refractivity contribution < 1.29 is 9.53 Å². The molecule has 0 atom stereocenters. The highest BCUT2D eigenvalue weighted by atomic mass is 16.5. The van der Waals surface area contributed by atoms with Crippen LogP contribution in [-0.4, -0.2) is 54.1 Å². The first kappa shape index (κ1) is 14.5. The van der Waals surface area contributed by atoms with Crippen molar-refractivity contribution in [2.45, 2.75) is 13.5 Å². The monoisotopic (exact) mass is 276 g/mol. The van der Waals surface area contributed by atoms with Crippen LogP contribution in [0.2, 0.25) is 0 Å². The Labute approximate surface area is 119 Å². The lowest BCUT2D eigenvalue weighted by Crippen LogP contribution is -2.28. The number of anilines is 1. The van der Waals surface area contributed by atoms with E-state index in [0.29, 0.717) is 12.6 Å². The molecule has 6 nitrogen and oxygen atoms in total. The summed E-state index contributed by atoms with van der Waals surface area (Å²) in [6.07, 6.45) is 7.93. The van der Waals surface area contributed by atoms with Gasteiger partial charge in [-0.3, -0.25) is 9.69 Å². The molecule has 0 spiro atoms. The number of esters is 1. The molecule has 1 aromatic heterocycles. The predicted octanol–water partition coefficient (Wildman–Crippen LogP) is 0.848. The standard InChI is InChI=1S/C14H20N4O2/c1-3-20-13(19)11-17(2)14-15-8-12(9-16-14)10-18-6-4-5-7-18/h4-5,8-9H,3,6-7,10-11H2,1-2H3. The van der Waals surface area contributed by atoms with Gasteiger partial charge in [0.15, 0.2) is 0 Å². The van der Waals surface area contributed by atoms with Crippen LogP contribution in [0.25, 0.3) is 0 Å². The Morgan fingerprint density at radius 1 is 1.35 bits per heavy atom. The van der Waals surface area contributed by atoms with Gasteiger partial charge in [-0.15, -0.1) is 0 Å². The molecule has 0 saturated carbocycles. The summed E-state index contributed by atoms with van der Waals surface area (Å²) in [5.41, 5.74) is 1.07. The lowest BCUT2D eigenvalue weighted by molar-refractivity contribution is -0.141. The average molecular weight is 276 g/mol. The molecule has 2 rings (SSSR count). The molecule has 1 aliphatic rings. The van der Waals surface area contributed by atoms with E-state index in [-0.39, 0.29) is 12.5 Å². The lowest BCUT2D eigenvalue weighted by Gasteiger charge is -2.17. The van der Waals surface area contributed by atoms with Crippen molar-refractivity contribution in [1.29, 1.82) is 0 Å². The first-order valence-electron chi connectivity index (χ1n) is 6.74. The van der Waals surface area contributed by atoms with Crippen LogP contribution in [0.5, 0.6) is 0 Å². The molecule has 0 unspecified atom stereocenters. The number of hydrogen-bond acceptors (Lipinski definition) is 6. The Hall–Kier alpha value is -1.95. The largest absolute Gasteiger partial charge is 0.465 e. The van der Waals surface area contributed by atoms with E-state index in [0.717, 1.165) is 25.2 Å². The number of rotatable bonds is 6. The first-order valence-corrected chi connectivity index (χ1v) is 6.74. The van der Waals surface area contributed by atoms with E-state index in [1.165, 1.54) is 0 Å². The molecule has 20 heavy (non-hydrogen) atoms. The summed E-state index contributed by atoms with van der Waals surface area (Å²) in [4.78, 5) is 24.0. The molecular formula is C14H20N4O2. The third-order valence-electron chi connectivity index (χ3n) is 3.00. The fraction of sp³-hybridized carbons (Fsp3) is 0.500. The van der Waals surface area contributed by atoms with Crippen molar-refractivity contribution in [1.82, 2.24) is 14.9 Å². The van der Waals surface area contributed by atoms with Crippen molar-refractivity contribution in [2.24, 2.45) is 0 Å². The highest BCUT2D eigenvalue weighted by molar-refractivity contribution is 5.74. The Balaban J connectivity index is 1.88. The Morgan fingerprint density at radius 2 is 2.00 bits per heavy atom. The lowest BCUT2D eigenvalue weighted by atomic mass is 10.3. The van der Waals surface area contributed by atoms with Crippen molar-refractivity contribution in [2.75, 3.05) is 38.2 Å². The minimum atomic E-state index is -0.272. The summed E-state index contributed by atoms with van der Waals surface area (Å²) < 4.78 is 4.90. The summed E-state index contributed by atoms with van der Waals surface area (Å²) in [5, 5.41) is 0. The Bertz CT molecular complexity index is 465. The third-order valence-corrected chi connectivity index (χ3v) is 3.00. The second-order valence-corrected chi connectivity index (χ2v) is 4.72. The zero-order valence-corrected chi connectivity index (χ0v) is 12.0. The summed E-state index contributed by atoms with van der Waals surface area (Å²) in [6.45, 7) is 5.12. The van der Waals surface area contributed by atoms with Gasteiger partial charge >= 0.3 is 5.97 Å². The Morgan fingerprint density at radius 3 is 2.60 bits per heavy atom. The maximum atomic E-state index is 11.4. The molecule has 0 aliphatic carbocycles. The Kier molecular flexibility index (Phi) is 5.06. The number of carbonyl (C=O) groups excluding carboxylic acids is 1. The highest BCUT2D eigenvalue weighted by Crippen LogP contribution is 2.09. The van der Waals surface area contributed by atoms with Crippen molar-refractivity contribution >= 4 is 11.9 Å². The number of hydrogen-bond donors (Lipinski definition) is 0. The van der Waals surface area contributed by atoms with Crippen molar-refractivity contribution in [3.8, 4) is 0 Å². The molecule has 1 aromatic rings. The van der Waals surface area contributed by atoms with Crippen LogP contribution in [0.3, 0.4) is 0 Å². The van der Waals surface area contributed by atoms with Crippen LogP contribution in [0.4, 0.5) is 5.95 Å². The minimum absolute atomic E-state index is 0.156. The number of ether oxygens (including phenoxy) is 1. The summed E-state index contributed by atoms with van der Waals surface area (Å²) in [5.74, 6) is 0.257. The van der Waals surface area contributed by atoms with Crippen LogP contribution in [-0.2, 0) is 16.1 Å². The number of aromatic nitrogens is 2. The molecule has 0 N–H and O–H groups in total. The molecule has 1 aliphatic heterocycles. The van der Waals surface area contributed by atoms with Crippen LogP contribution < -0.4 is 4.90 Å². The van der Waals surface area contributed by atoms with E-state index in [9.17, 15) is 4.79 Å². The zero-order valence-electron chi connectivity index (χ0n) is 12.0. The summed E-state index contributed by atoms with van der Waals surface area (Å²) in [6, 6.07) is 0. The predicted molar refractivity (Wildman–Crippen MR) is 76.4 cm³/mol. The van der Waals surface area contributed by atoms with Gasteiger partial charge in [-0.2, -0.15) is 0 Å². The highest BCUT2D eigenvalue weighted by Gasteiger charge is 2.11. The molecule has 0 amide bonds. The molecule has 2 heterocycles. The maximum absolute atomic E-state index is 11.4. The van der Waals surface area contributed by atoms with E-state index >= 15 is 0 Å². The van der Waals surface area contributed by atoms with Gasteiger partial charge in [-0.25, -0.2) is 9.97 Å². The summed E-state index contributed by atoms with van der Waals surface area (Å²) in [7, 11) is 1.77. The van der Waals surface area contributed by atoms with Gasteiger partial charge in [0.25, 0.3) is 0 Å². The maximum Gasteiger partial charge on any atom is 0.325 e. The number of likely N-dealkylation sites (N-methyl/N-ethyl adjacent to an activating group) is 1. The van der Waals surface area contributed by atoms with E-state index in [4.69, 9.17) is 4.74 Å². The fourth-order valence-corrected chi connectivity index (χ4v) is 2.01. The SMILES string of the molecule is CCOC(=O)CN(C)c1ncc(CN2CC=CC2)cn1. The van der Waals surface area contributed by atoms with Gasteiger partial charge in [-0.1, -0.05) is 12.2 Å². The van der Waals surface area contributed by atoms with E-state index in [1.54, 1.807) is 18.9 Å². The van der Waals surface area contributed by atoms with Gasteiger partial charge in [0.05, 0.1) is 6.61 Å². The van der Waals surface area contributed by atoms with E-state index in [1.807, 2.05) is 12.4 Å². The molecule has 0 fully saturated rings. The normalized spacial score (nSPS) is 14.5. The quantitative estimate of drug-likeness (QED) is 0.567. The van der Waals surface area contributed by atoms with E-state index in [2.05, 4.69) is 27.0 Å². The van der Waals surface area contributed by atoms with Gasteiger partial charge in [0, 0.05) is 44.6 Å². The topological polar surface area (TPSA) is 58.6 Å². The number of nitrogens with zero attached hydrogens (tertiary/aromatic N) is 4. The smallest absolute Gasteiger partial charge is 0.325 e. The number of carbonyl (C=O) groups is 1. The first-order chi connectivity index (χ1) is 9.69. The molecule has 0 radical (unpaired) electrons. The molecule has 0 aromatic carbocycles. The van der Waals surface area contributed by atoms with Gasteiger partial charge in [-0.05, 0) is 6.92 Å². The van der Waals surface area contributed by atoms with Gasteiger partial charge in [0.2, 0.25) is 5.95 Å². The zero-order chi connectivity index (χ0) is 14.4. The van der Waals surface area contributed by atoms with Crippen LogP contribution in [0.15, 0.2) is 24.5 Å². The van der Waals surface area contributed by atoms with Crippen molar-refractivity contribution in [3.05, 3.63) is 30.1 Å². The minimum Gasteiger partial charge on any atom is -0.465 e. The second kappa shape index (κ2) is 7.00. The van der Waals surface area contributed by atoms with E-state index < -0.39 is 0 Å². The average Bonchev–Trinajstić information content (AvgIpc) is 2.92. The summed E-state index contributed by atoms with van der Waals surface area (Å²) >= 11 is 0. The molecule has 0 saturated heterocycles. The fourth-order valence-electron chi connectivity index (χ4n) is 2.01. The van der Waals surface area contributed by atoms with Crippen LogP contribution >= 0.6 is 0 Å².